The molecule has 0 N–H and O–H groups in total. The van der Waals surface area contributed by atoms with E-state index >= 15 is 0 Å². The molecular weight excluding hydrogens is 138 g/mol. The van der Waals surface area contributed by atoms with Gasteiger partial charge in [-0.2, -0.15) is 0 Å². The third-order valence-electron chi connectivity index (χ3n) is 1.54. The molecule has 0 aliphatic carbocycles. The van der Waals surface area contributed by atoms with Crippen molar-refractivity contribution < 1.29 is 15.9 Å². The summed E-state index contributed by atoms with van der Waals surface area (Å²) in [5.41, 5.74) is 0. The molecule has 1 rings (SSSR count). The maximum atomic E-state index is 2.91. The number of piperidine rings is 1. The molecule has 0 aromatic heterocycles. The average Bonchev–Trinajstić information content (AvgIpc) is 1.90. The summed E-state index contributed by atoms with van der Waals surface area (Å²) >= 11 is 2.91. The Morgan fingerprint density at radius 3 is 2.12 bits per heavy atom. The summed E-state index contributed by atoms with van der Waals surface area (Å²) in [5.74, 6) is 0. The molecule has 0 aromatic carbocycles. The normalized spacial score (nSPS) is 23.0. The summed E-state index contributed by atoms with van der Waals surface area (Å²) < 4.78 is 0. The minimum absolute atomic E-state index is 1.26. The van der Waals surface area contributed by atoms with Crippen LogP contribution in [0.15, 0.2) is 0 Å². The van der Waals surface area contributed by atoms with E-state index in [0.29, 0.717) is 0 Å². The molecule has 8 heavy (non-hydrogen) atoms. The molecule has 1 nitrogen and oxygen atoms in total. The van der Waals surface area contributed by atoms with Gasteiger partial charge in [0.25, 0.3) is 0 Å². The number of rotatable bonds is 1. The molecule has 46 valence electrons. The van der Waals surface area contributed by atoms with Crippen molar-refractivity contribution in [3.05, 3.63) is 0 Å². The maximum absolute atomic E-state index is 2.91. The number of nitrogens with zero attached hydrogens (tertiary/aromatic N) is 1. The van der Waals surface area contributed by atoms with Crippen LogP contribution < -0.4 is 0 Å². The van der Waals surface area contributed by atoms with Gasteiger partial charge in [0.1, 0.15) is 0 Å². The second kappa shape index (κ2) is 3.40. The van der Waals surface area contributed by atoms with E-state index < -0.39 is 0 Å². The van der Waals surface area contributed by atoms with Crippen LogP contribution in [-0.2, 0) is 15.9 Å². The van der Waals surface area contributed by atoms with Gasteiger partial charge in [-0.1, -0.05) is 0 Å². The second-order valence-corrected chi connectivity index (χ2v) is 2.53. The van der Waals surface area contributed by atoms with Crippen molar-refractivity contribution in [3.63, 3.8) is 0 Å². The van der Waals surface area contributed by atoms with Gasteiger partial charge in [0.15, 0.2) is 0 Å². The monoisotopic (exact) mass is 149 g/mol. The fraction of sp³-hybridized carbons (Fsp3) is 0.833. The standard InChI is InChI=1S/C6H11N.Cr/c1-7-5-3-2-4-6-7;/h1H,2-6H2;. The molecule has 0 aromatic rings. The quantitative estimate of drug-likeness (QED) is 0.532. The Morgan fingerprint density at radius 1 is 1.12 bits per heavy atom. The van der Waals surface area contributed by atoms with Crippen molar-refractivity contribution >= 4 is 5.01 Å². The molecule has 1 saturated heterocycles. The van der Waals surface area contributed by atoms with Gasteiger partial charge in [-0.3, -0.25) is 0 Å². The van der Waals surface area contributed by atoms with Crippen LogP contribution in [0.5, 0.6) is 0 Å². The Bertz CT molecular complexity index is 76.6. The van der Waals surface area contributed by atoms with E-state index in [9.17, 15) is 0 Å². The van der Waals surface area contributed by atoms with Gasteiger partial charge in [-0.05, 0) is 0 Å². The zero-order chi connectivity index (χ0) is 5.82. The molecular formula is C6H11CrN. The van der Waals surface area contributed by atoms with Gasteiger partial charge in [-0.15, -0.1) is 0 Å². The fourth-order valence-corrected chi connectivity index (χ4v) is 1.35. The summed E-state index contributed by atoms with van der Waals surface area (Å²) in [6, 6.07) is 0. The summed E-state index contributed by atoms with van der Waals surface area (Å²) in [7, 11) is 0. The van der Waals surface area contributed by atoms with E-state index in [0.717, 1.165) is 0 Å². The predicted octanol–water partition coefficient (Wildman–Crippen LogP) is 0.779. The summed E-state index contributed by atoms with van der Waals surface area (Å²) in [6.45, 7) is 2.51. The van der Waals surface area contributed by atoms with Crippen molar-refractivity contribution in [2.24, 2.45) is 0 Å². The molecule has 0 atom stereocenters. The summed E-state index contributed by atoms with van der Waals surface area (Å²) in [6.07, 6.45) is 4.17. The molecule has 0 spiro atoms. The Labute approximate surface area is 58.6 Å². The van der Waals surface area contributed by atoms with Crippen molar-refractivity contribution in [3.8, 4) is 0 Å². The Hall–Kier alpha value is 0.362. The summed E-state index contributed by atoms with van der Waals surface area (Å²) in [4.78, 5) is 2.34. The first-order valence-electron chi connectivity index (χ1n) is 3.13. The molecule has 0 saturated carbocycles. The van der Waals surface area contributed by atoms with E-state index in [2.05, 4.69) is 25.8 Å². The van der Waals surface area contributed by atoms with Crippen LogP contribution in [0.4, 0.5) is 0 Å². The van der Waals surface area contributed by atoms with Crippen LogP contribution in [0.25, 0.3) is 0 Å². The van der Waals surface area contributed by atoms with Gasteiger partial charge >= 0.3 is 58.1 Å². The third kappa shape index (κ3) is 1.70. The Morgan fingerprint density at radius 2 is 1.75 bits per heavy atom. The molecule has 1 fully saturated rings. The minimum atomic E-state index is 1.26. The summed E-state index contributed by atoms with van der Waals surface area (Å²) in [5, 5.41) is 2.07. The van der Waals surface area contributed by atoms with Gasteiger partial charge in [0, 0.05) is 0 Å². The van der Waals surface area contributed by atoms with Gasteiger partial charge in [-0.25, -0.2) is 0 Å². The van der Waals surface area contributed by atoms with Gasteiger partial charge in [0.05, 0.1) is 0 Å². The zero-order valence-corrected chi connectivity index (χ0v) is 6.24. The third-order valence-corrected chi connectivity index (χ3v) is 2.01. The number of hydrogen-bond acceptors (Lipinski definition) is 1. The molecule has 1 aliphatic heterocycles. The number of likely N-dealkylation sites (tertiary alicyclic amines) is 1. The van der Waals surface area contributed by atoms with E-state index in [1.54, 1.807) is 0 Å². The molecule has 1 aliphatic rings. The molecule has 1 heterocycles. The van der Waals surface area contributed by atoms with Gasteiger partial charge < -0.3 is 0 Å². The molecule has 0 amide bonds. The van der Waals surface area contributed by atoms with Crippen LogP contribution in [0, 0.1) is 0 Å². The molecule has 0 unspecified atom stereocenters. The van der Waals surface area contributed by atoms with Crippen molar-refractivity contribution in [2.45, 2.75) is 19.3 Å². The van der Waals surface area contributed by atoms with Crippen LogP contribution >= 0.6 is 0 Å². The van der Waals surface area contributed by atoms with Crippen molar-refractivity contribution in [1.82, 2.24) is 4.90 Å². The average molecular weight is 149 g/mol. The van der Waals surface area contributed by atoms with E-state index in [4.69, 9.17) is 0 Å². The van der Waals surface area contributed by atoms with Crippen LogP contribution in [0.3, 0.4) is 0 Å². The molecule has 0 radical (unpaired) electrons. The predicted molar refractivity (Wildman–Crippen MR) is 31.5 cm³/mol. The molecule has 2 heteroatoms. The van der Waals surface area contributed by atoms with E-state index in [-0.39, 0.29) is 0 Å². The molecule has 0 bridgehead atoms. The zero-order valence-electron chi connectivity index (χ0n) is 4.97. The van der Waals surface area contributed by atoms with Crippen LogP contribution in [0.1, 0.15) is 19.3 Å². The first kappa shape index (κ1) is 6.48. The van der Waals surface area contributed by atoms with Crippen molar-refractivity contribution in [1.29, 1.82) is 0 Å². The van der Waals surface area contributed by atoms with Crippen LogP contribution in [0.2, 0.25) is 0 Å². The topological polar surface area (TPSA) is 3.24 Å². The second-order valence-electron chi connectivity index (χ2n) is 2.20. The first-order valence-corrected chi connectivity index (χ1v) is 3.86. The first-order chi connectivity index (χ1) is 3.93. The van der Waals surface area contributed by atoms with E-state index in [1.165, 1.54) is 32.4 Å². The van der Waals surface area contributed by atoms with E-state index in [1.807, 2.05) is 0 Å². The Balaban J connectivity index is 2.22. The Kier molecular flexibility index (Phi) is 2.75. The van der Waals surface area contributed by atoms with Crippen molar-refractivity contribution in [2.75, 3.05) is 13.1 Å². The fourth-order valence-electron chi connectivity index (χ4n) is 1.02. The number of hydrogen-bond donors (Lipinski definition) is 0. The van der Waals surface area contributed by atoms with Gasteiger partial charge in [0.2, 0.25) is 0 Å². The SMILES string of the molecule is [Cr]=[CH]N1CCCCC1. The van der Waals surface area contributed by atoms with Crippen LogP contribution in [-0.4, -0.2) is 23.0 Å².